The van der Waals surface area contributed by atoms with Gasteiger partial charge in [-0.25, -0.2) is 0 Å². The highest BCUT2D eigenvalue weighted by atomic mass is 16.5. The van der Waals surface area contributed by atoms with Crippen LogP contribution in [0.1, 0.15) is 39.9 Å². The molecule has 0 atom stereocenters. The van der Waals surface area contributed by atoms with Gasteiger partial charge in [-0.1, -0.05) is 36.9 Å². The third-order valence-electron chi connectivity index (χ3n) is 3.85. The largest absolute Gasteiger partial charge is 0.489 e. The number of carbonyl (C=O) groups excluding carboxylic acids is 1. The van der Waals surface area contributed by atoms with Gasteiger partial charge in [0, 0.05) is 12.0 Å². The zero-order valence-corrected chi connectivity index (χ0v) is 12.0. The average Bonchev–Trinajstić information content (AvgIpc) is 2.53. The van der Waals surface area contributed by atoms with E-state index in [4.69, 9.17) is 4.74 Å². The number of benzene rings is 2. The van der Waals surface area contributed by atoms with Crippen LogP contribution in [0.25, 0.3) is 6.08 Å². The lowest BCUT2D eigenvalue weighted by Crippen LogP contribution is -2.10. The van der Waals surface area contributed by atoms with Crippen LogP contribution in [0.4, 0.5) is 0 Å². The quantitative estimate of drug-likeness (QED) is 0.827. The van der Waals surface area contributed by atoms with E-state index in [1.54, 1.807) is 0 Å². The summed E-state index contributed by atoms with van der Waals surface area (Å²) in [6.07, 6.45) is 4.40. The molecule has 2 aromatic rings. The maximum absolute atomic E-state index is 11.8. The molecule has 2 nitrogen and oxygen atoms in total. The Morgan fingerprint density at radius 3 is 2.67 bits per heavy atom. The summed E-state index contributed by atoms with van der Waals surface area (Å²) >= 11 is 0. The van der Waals surface area contributed by atoms with Crippen molar-refractivity contribution < 1.29 is 9.53 Å². The molecule has 0 amide bonds. The van der Waals surface area contributed by atoms with E-state index in [1.807, 2.05) is 48.5 Å². The van der Waals surface area contributed by atoms with Crippen LogP contribution in [0.2, 0.25) is 0 Å². The minimum Gasteiger partial charge on any atom is -0.489 e. The predicted molar refractivity (Wildman–Crippen MR) is 84.6 cm³/mol. The summed E-state index contributed by atoms with van der Waals surface area (Å²) in [6, 6.07) is 13.9. The van der Waals surface area contributed by atoms with Crippen molar-refractivity contribution in [2.24, 2.45) is 0 Å². The van der Waals surface area contributed by atoms with Gasteiger partial charge in [0.15, 0.2) is 5.78 Å². The van der Waals surface area contributed by atoms with E-state index in [0.29, 0.717) is 13.0 Å². The standard InChI is InChI=1S/C19H18O2/c1-2-14-6-8-15(9-7-14)13-21-17-10-11-18-16(12-17)4-3-5-19(18)20/h2,6-12H,1,3-5,13H2. The van der Waals surface area contributed by atoms with E-state index in [0.717, 1.165) is 40.8 Å². The first kappa shape index (κ1) is 13.6. The maximum atomic E-state index is 11.8. The molecule has 0 fully saturated rings. The Labute approximate surface area is 125 Å². The predicted octanol–water partition coefficient (Wildman–Crippen LogP) is 4.43. The molecule has 0 radical (unpaired) electrons. The van der Waals surface area contributed by atoms with Crippen molar-refractivity contribution in [1.82, 2.24) is 0 Å². The summed E-state index contributed by atoms with van der Waals surface area (Å²) in [5, 5.41) is 0. The molecule has 3 rings (SSSR count). The smallest absolute Gasteiger partial charge is 0.163 e. The highest BCUT2D eigenvalue weighted by Gasteiger charge is 2.17. The Morgan fingerprint density at radius 1 is 1.10 bits per heavy atom. The van der Waals surface area contributed by atoms with Crippen molar-refractivity contribution in [1.29, 1.82) is 0 Å². The molecule has 2 aromatic carbocycles. The molecular weight excluding hydrogens is 260 g/mol. The lowest BCUT2D eigenvalue weighted by molar-refractivity contribution is 0.0972. The fourth-order valence-electron chi connectivity index (χ4n) is 2.63. The van der Waals surface area contributed by atoms with Gasteiger partial charge in [-0.15, -0.1) is 0 Å². The Morgan fingerprint density at radius 2 is 1.90 bits per heavy atom. The topological polar surface area (TPSA) is 26.3 Å². The number of rotatable bonds is 4. The highest BCUT2D eigenvalue weighted by Crippen LogP contribution is 2.25. The molecule has 0 aliphatic heterocycles. The first-order valence-corrected chi connectivity index (χ1v) is 7.26. The second-order valence-corrected chi connectivity index (χ2v) is 5.33. The van der Waals surface area contributed by atoms with Crippen LogP contribution in [0.5, 0.6) is 5.75 Å². The van der Waals surface area contributed by atoms with Crippen LogP contribution in [0, 0.1) is 0 Å². The minimum absolute atomic E-state index is 0.253. The van der Waals surface area contributed by atoms with E-state index in [-0.39, 0.29) is 5.78 Å². The SMILES string of the molecule is C=Cc1ccc(COc2ccc3c(c2)CCCC3=O)cc1. The summed E-state index contributed by atoms with van der Waals surface area (Å²) in [6.45, 7) is 4.27. The number of ketones is 1. The first-order valence-electron chi connectivity index (χ1n) is 7.26. The summed E-state index contributed by atoms with van der Waals surface area (Å²) in [4.78, 5) is 11.8. The van der Waals surface area contributed by atoms with Gasteiger partial charge < -0.3 is 4.74 Å². The fourth-order valence-corrected chi connectivity index (χ4v) is 2.63. The van der Waals surface area contributed by atoms with Crippen LogP contribution in [0.15, 0.2) is 49.0 Å². The van der Waals surface area contributed by atoms with Gasteiger partial charge in [0.05, 0.1) is 0 Å². The molecule has 106 valence electrons. The number of hydrogen-bond acceptors (Lipinski definition) is 2. The summed E-state index contributed by atoms with van der Waals surface area (Å²) in [7, 11) is 0. The van der Waals surface area contributed by atoms with Gasteiger partial charge in [-0.2, -0.15) is 0 Å². The van der Waals surface area contributed by atoms with Crippen LogP contribution < -0.4 is 4.74 Å². The Hall–Kier alpha value is -2.35. The van der Waals surface area contributed by atoms with Gasteiger partial charge in [0.25, 0.3) is 0 Å². The van der Waals surface area contributed by atoms with Crippen molar-refractivity contribution in [3.63, 3.8) is 0 Å². The molecule has 0 heterocycles. The second-order valence-electron chi connectivity index (χ2n) is 5.33. The summed E-state index contributed by atoms with van der Waals surface area (Å²) in [5.74, 6) is 1.08. The monoisotopic (exact) mass is 278 g/mol. The lowest BCUT2D eigenvalue weighted by atomic mass is 9.90. The molecule has 0 bridgehead atoms. The number of fused-ring (bicyclic) bond motifs is 1. The van der Waals surface area contributed by atoms with Crippen LogP contribution in [-0.2, 0) is 13.0 Å². The molecule has 0 saturated carbocycles. The number of carbonyl (C=O) groups is 1. The van der Waals surface area contributed by atoms with E-state index in [2.05, 4.69) is 6.58 Å². The Kier molecular flexibility index (Phi) is 3.87. The lowest BCUT2D eigenvalue weighted by Gasteiger charge is -2.16. The van der Waals surface area contributed by atoms with Crippen molar-refractivity contribution >= 4 is 11.9 Å². The van der Waals surface area contributed by atoms with E-state index in [1.165, 1.54) is 0 Å². The number of aryl methyl sites for hydroxylation is 1. The highest BCUT2D eigenvalue weighted by molar-refractivity contribution is 5.98. The third kappa shape index (κ3) is 3.05. The van der Waals surface area contributed by atoms with Crippen molar-refractivity contribution in [2.45, 2.75) is 25.9 Å². The molecular formula is C19H18O2. The fraction of sp³-hybridized carbons (Fsp3) is 0.211. The van der Waals surface area contributed by atoms with Gasteiger partial charge in [0.1, 0.15) is 12.4 Å². The molecule has 0 spiro atoms. The van der Waals surface area contributed by atoms with Gasteiger partial charge in [-0.3, -0.25) is 4.79 Å². The maximum Gasteiger partial charge on any atom is 0.163 e. The van der Waals surface area contributed by atoms with Crippen molar-refractivity contribution in [3.05, 3.63) is 71.3 Å². The van der Waals surface area contributed by atoms with Crippen LogP contribution >= 0.6 is 0 Å². The van der Waals surface area contributed by atoms with Gasteiger partial charge in [0.2, 0.25) is 0 Å². The zero-order chi connectivity index (χ0) is 14.7. The normalized spacial score (nSPS) is 13.6. The molecule has 21 heavy (non-hydrogen) atoms. The molecule has 0 unspecified atom stereocenters. The van der Waals surface area contributed by atoms with E-state index in [9.17, 15) is 4.79 Å². The molecule has 0 N–H and O–H groups in total. The van der Waals surface area contributed by atoms with Gasteiger partial charge in [-0.05, 0) is 47.7 Å². The molecule has 1 aliphatic rings. The number of ether oxygens (including phenoxy) is 1. The first-order chi connectivity index (χ1) is 10.3. The Balaban J connectivity index is 1.70. The number of hydrogen-bond donors (Lipinski definition) is 0. The third-order valence-corrected chi connectivity index (χ3v) is 3.85. The molecule has 1 aliphatic carbocycles. The second kappa shape index (κ2) is 5.96. The minimum atomic E-state index is 0.253. The van der Waals surface area contributed by atoms with Gasteiger partial charge >= 0.3 is 0 Å². The molecule has 2 heteroatoms. The molecule has 0 aromatic heterocycles. The average molecular weight is 278 g/mol. The van der Waals surface area contributed by atoms with Crippen molar-refractivity contribution in [3.8, 4) is 5.75 Å². The van der Waals surface area contributed by atoms with E-state index < -0.39 is 0 Å². The van der Waals surface area contributed by atoms with Crippen LogP contribution in [-0.4, -0.2) is 5.78 Å². The van der Waals surface area contributed by atoms with Crippen LogP contribution in [0.3, 0.4) is 0 Å². The number of Topliss-reactive ketones (excluding diaryl/α,β-unsaturated/α-hetero) is 1. The zero-order valence-electron chi connectivity index (χ0n) is 12.0. The van der Waals surface area contributed by atoms with Crippen molar-refractivity contribution in [2.75, 3.05) is 0 Å². The van der Waals surface area contributed by atoms with E-state index >= 15 is 0 Å². The summed E-state index contributed by atoms with van der Waals surface area (Å²) < 4.78 is 5.83. The Bertz CT molecular complexity index is 668. The molecule has 0 saturated heterocycles. The summed E-state index contributed by atoms with van der Waals surface area (Å²) in [5.41, 5.74) is 4.20.